The van der Waals surface area contributed by atoms with Gasteiger partial charge < -0.3 is 10.2 Å². The molecule has 2 fully saturated rings. The fraction of sp³-hybridized carbons (Fsp3) is 0.765. The molecule has 0 amide bonds. The van der Waals surface area contributed by atoms with Crippen LogP contribution in [0.2, 0.25) is 0 Å². The molecule has 0 aromatic carbocycles. The van der Waals surface area contributed by atoms with Gasteiger partial charge in [-0.2, -0.15) is 0 Å². The van der Waals surface area contributed by atoms with Gasteiger partial charge in [-0.3, -0.25) is 0 Å². The largest absolute Gasteiger partial charge is 0.341 e. The van der Waals surface area contributed by atoms with Crippen molar-refractivity contribution in [1.82, 2.24) is 15.3 Å². The second kappa shape index (κ2) is 6.30. The molecule has 1 saturated carbocycles. The first-order valence-electron chi connectivity index (χ1n) is 8.40. The van der Waals surface area contributed by atoms with Crippen LogP contribution < -0.4 is 10.2 Å². The number of rotatable bonds is 3. The lowest BCUT2D eigenvalue weighted by Gasteiger charge is -2.39. The Labute approximate surface area is 128 Å². The van der Waals surface area contributed by atoms with Crippen LogP contribution >= 0.6 is 0 Å². The molecule has 0 spiro atoms. The Hall–Kier alpha value is -1.16. The highest BCUT2D eigenvalue weighted by atomic mass is 15.3. The number of hydrogen-bond donors (Lipinski definition) is 1. The van der Waals surface area contributed by atoms with Crippen molar-refractivity contribution in [1.29, 1.82) is 0 Å². The van der Waals surface area contributed by atoms with E-state index in [0.717, 1.165) is 25.1 Å². The topological polar surface area (TPSA) is 41.0 Å². The first-order chi connectivity index (χ1) is 10.1. The lowest BCUT2D eigenvalue weighted by atomic mass is 9.75. The van der Waals surface area contributed by atoms with Gasteiger partial charge >= 0.3 is 0 Å². The SMILES string of the molecule is CC1(C)CCC(NC2CCN(c3ncccn3)CC2)CC1. The first kappa shape index (κ1) is 14.8. The molecule has 1 aliphatic carbocycles. The zero-order valence-corrected chi connectivity index (χ0v) is 13.4. The molecular weight excluding hydrogens is 260 g/mol. The van der Waals surface area contributed by atoms with Crippen LogP contribution in [-0.4, -0.2) is 35.1 Å². The van der Waals surface area contributed by atoms with E-state index < -0.39 is 0 Å². The molecule has 1 aliphatic heterocycles. The Morgan fingerprint density at radius 3 is 2.19 bits per heavy atom. The summed E-state index contributed by atoms with van der Waals surface area (Å²) in [5, 5.41) is 3.90. The third-order valence-electron chi connectivity index (χ3n) is 5.14. The summed E-state index contributed by atoms with van der Waals surface area (Å²) >= 11 is 0. The van der Waals surface area contributed by atoms with E-state index in [0.29, 0.717) is 11.5 Å². The van der Waals surface area contributed by atoms with Crippen molar-refractivity contribution in [2.45, 2.75) is 64.5 Å². The standard InChI is InChI=1S/C17H28N4/c1-17(2)8-4-14(5-9-17)20-15-6-12-21(13-7-15)16-18-10-3-11-19-16/h3,10-11,14-15,20H,4-9,12-13H2,1-2H3. The molecule has 4 nitrogen and oxygen atoms in total. The fourth-order valence-corrected chi connectivity index (χ4v) is 3.60. The average Bonchev–Trinajstić information content (AvgIpc) is 2.51. The fourth-order valence-electron chi connectivity index (χ4n) is 3.60. The third-order valence-corrected chi connectivity index (χ3v) is 5.14. The molecule has 4 heteroatoms. The summed E-state index contributed by atoms with van der Waals surface area (Å²) in [6, 6.07) is 3.29. The molecule has 1 aromatic heterocycles. The predicted molar refractivity (Wildman–Crippen MR) is 86.4 cm³/mol. The minimum atomic E-state index is 0.562. The Morgan fingerprint density at radius 1 is 1.00 bits per heavy atom. The number of anilines is 1. The summed E-state index contributed by atoms with van der Waals surface area (Å²) in [4.78, 5) is 11.0. The molecule has 21 heavy (non-hydrogen) atoms. The van der Waals surface area contributed by atoms with E-state index in [4.69, 9.17) is 0 Å². The first-order valence-corrected chi connectivity index (χ1v) is 8.40. The number of piperidine rings is 1. The molecule has 116 valence electrons. The van der Waals surface area contributed by atoms with Gasteiger partial charge in [0.05, 0.1) is 0 Å². The summed E-state index contributed by atoms with van der Waals surface area (Å²) in [5.41, 5.74) is 0.562. The molecule has 1 N–H and O–H groups in total. The highest BCUT2D eigenvalue weighted by Gasteiger charge is 2.29. The molecular formula is C17H28N4. The summed E-state index contributed by atoms with van der Waals surface area (Å²) in [5.74, 6) is 0.885. The quantitative estimate of drug-likeness (QED) is 0.928. The number of nitrogens with one attached hydrogen (secondary N) is 1. The van der Waals surface area contributed by atoms with E-state index in [2.05, 4.69) is 34.0 Å². The molecule has 0 atom stereocenters. The van der Waals surface area contributed by atoms with Crippen molar-refractivity contribution in [3.63, 3.8) is 0 Å². The smallest absolute Gasteiger partial charge is 0.225 e. The van der Waals surface area contributed by atoms with Gasteiger partial charge in [-0.15, -0.1) is 0 Å². The van der Waals surface area contributed by atoms with Crippen molar-refractivity contribution >= 4 is 5.95 Å². The van der Waals surface area contributed by atoms with Crippen LogP contribution in [0.3, 0.4) is 0 Å². The summed E-state index contributed by atoms with van der Waals surface area (Å²) in [6.07, 6.45) is 11.5. The van der Waals surface area contributed by atoms with Gasteiger partial charge in [0.25, 0.3) is 0 Å². The Kier molecular flexibility index (Phi) is 4.43. The maximum Gasteiger partial charge on any atom is 0.225 e. The molecule has 2 heterocycles. The average molecular weight is 288 g/mol. The molecule has 2 aliphatic rings. The van der Waals surface area contributed by atoms with Crippen LogP contribution in [0.25, 0.3) is 0 Å². The molecule has 0 unspecified atom stereocenters. The van der Waals surface area contributed by atoms with E-state index in [1.807, 2.05) is 18.5 Å². The lowest BCUT2D eigenvalue weighted by molar-refractivity contribution is 0.193. The molecule has 1 aromatic rings. The normalized spacial score (nSPS) is 24.2. The van der Waals surface area contributed by atoms with Gasteiger partial charge in [0.1, 0.15) is 0 Å². The Balaban J connectivity index is 1.44. The van der Waals surface area contributed by atoms with Crippen LogP contribution in [0.1, 0.15) is 52.4 Å². The van der Waals surface area contributed by atoms with Gasteiger partial charge in [0.2, 0.25) is 5.95 Å². The van der Waals surface area contributed by atoms with Crippen molar-refractivity contribution in [2.75, 3.05) is 18.0 Å². The predicted octanol–water partition coefficient (Wildman–Crippen LogP) is 3.00. The second-order valence-corrected chi connectivity index (χ2v) is 7.42. The lowest BCUT2D eigenvalue weighted by Crippen LogP contribution is -2.48. The van der Waals surface area contributed by atoms with E-state index in [1.54, 1.807) is 0 Å². The second-order valence-electron chi connectivity index (χ2n) is 7.42. The van der Waals surface area contributed by atoms with Gasteiger partial charge in [0.15, 0.2) is 0 Å². The van der Waals surface area contributed by atoms with E-state index >= 15 is 0 Å². The van der Waals surface area contributed by atoms with Crippen molar-refractivity contribution in [2.24, 2.45) is 5.41 Å². The van der Waals surface area contributed by atoms with E-state index in [9.17, 15) is 0 Å². The summed E-state index contributed by atoms with van der Waals surface area (Å²) in [7, 11) is 0. The third kappa shape index (κ3) is 3.94. The Morgan fingerprint density at radius 2 is 1.57 bits per heavy atom. The van der Waals surface area contributed by atoms with Crippen molar-refractivity contribution in [3.8, 4) is 0 Å². The van der Waals surface area contributed by atoms with E-state index in [1.165, 1.54) is 38.5 Å². The Bertz CT molecular complexity index is 427. The van der Waals surface area contributed by atoms with Gasteiger partial charge in [-0.1, -0.05) is 13.8 Å². The maximum atomic E-state index is 4.35. The summed E-state index contributed by atoms with van der Waals surface area (Å²) in [6.45, 7) is 6.95. The zero-order chi connectivity index (χ0) is 14.7. The van der Waals surface area contributed by atoms with Gasteiger partial charge in [0, 0.05) is 37.6 Å². The monoisotopic (exact) mass is 288 g/mol. The zero-order valence-electron chi connectivity index (χ0n) is 13.4. The van der Waals surface area contributed by atoms with Gasteiger partial charge in [-0.05, 0) is 50.0 Å². The van der Waals surface area contributed by atoms with E-state index in [-0.39, 0.29) is 0 Å². The molecule has 0 bridgehead atoms. The maximum absolute atomic E-state index is 4.35. The van der Waals surface area contributed by atoms with Crippen LogP contribution in [0, 0.1) is 5.41 Å². The molecule has 3 rings (SSSR count). The van der Waals surface area contributed by atoms with Crippen LogP contribution in [0.15, 0.2) is 18.5 Å². The number of aromatic nitrogens is 2. The highest BCUT2D eigenvalue weighted by molar-refractivity contribution is 5.29. The minimum Gasteiger partial charge on any atom is -0.341 e. The van der Waals surface area contributed by atoms with Crippen LogP contribution in [0.4, 0.5) is 5.95 Å². The van der Waals surface area contributed by atoms with Crippen LogP contribution in [0.5, 0.6) is 0 Å². The van der Waals surface area contributed by atoms with Crippen molar-refractivity contribution in [3.05, 3.63) is 18.5 Å². The molecule has 1 saturated heterocycles. The molecule has 0 radical (unpaired) electrons. The minimum absolute atomic E-state index is 0.562. The number of hydrogen-bond acceptors (Lipinski definition) is 4. The van der Waals surface area contributed by atoms with Crippen LogP contribution in [-0.2, 0) is 0 Å². The van der Waals surface area contributed by atoms with Crippen molar-refractivity contribution < 1.29 is 0 Å². The number of nitrogens with zero attached hydrogens (tertiary/aromatic N) is 3. The highest BCUT2D eigenvalue weighted by Crippen LogP contribution is 2.35. The van der Waals surface area contributed by atoms with Gasteiger partial charge in [-0.25, -0.2) is 9.97 Å². The summed E-state index contributed by atoms with van der Waals surface area (Å²) < 4.78 is 0.